The van der Waals surface area contributed by atoms with E-state index in [1.165, 1.54) is 12.2 Å². The van der Waals surface area contributed by atoms with Gasteiger partial charge in [0.15, 0.2) is 6.61 Å². The molecule has 252 valence electrons. The normalized spacial score (nSPS) is 11.9. The van der Waals surface area contributed by atoms with Crippen LogP contribution < -0.4 is 0 Å². The van der Waals surface area contributed by atoms with E-state index in [2.05, 4.69) is 32.9 Å². The van der Waals surface area contributed by atoms with Gasteiger partial charge in [-0.2, -0.15) is 0 Å². The predicted octanol–water partition coefficient (Wildman–Crippen LogP) is 2.85. The first-order chi connectivity index (χ1) is 22.5. The van der Waals surface area contributed by atoms with E-state index in [0.717, 1.165) is 35.9 Å². The Balaban J connectivity index is 3.40. The molecule has 47 heavy (non-hydrogen) atoms. The summed E-state index contributed by atoms with van der Waals surface area (Å²) < 4.78 is 37.7. The van der Waals surface area contributed by atoms with E-state index in [0.29, 0.717) is 0 Å². The Bertz CT molecular complexity index is 1240. The van der Waals surface area contributed by atoms with Crippen LogP contribution in [0.3, 0.4) is 0 Å². The van der Waals surface area contributed by atoms with Gasteiger partial charge in [0, 0.05) is 30.4 Å². The van der Waals surface area contributed by atoms with E-state index in [1.54, 1.807) is 24.3 Å². The molecule has 0 heterocycles. The lowest BCUT2D eigenvalue weighted by Crippen LogP contribution is -2.47. The van der Waals surface area contributed by atoms with Crippen molar-refractivity contribution >= 4 is 41.9 Å². The summed E-state index contributed by atoms with van der Waals surface area (Å²) in [7, 11) is 0. The van der Waals surface area contributed by atoms with Gasteiger partial charge in [0.2, 0.25) is 0 Å². The monoisotopic (exact) mass is 655 g/mol. The molecule has 13 nitrogen and oxygen atoms in total. The van der Waals surface area contributed by atoms with E-state index in [9.17, 15) is 28.8 Å². The molecule has 0 saturated heterocycles. The van der Waals surface area contributed by atoms with Gasteiger partial charge < -0.3 is 38.0 Å². The average molecular weight is 656 g/mol. The van der Waals surface area contributed by atoms with Crippen LogP contribution in [0.5, 0.6) is 0 Å². The van der Waals surface area contributed by atoms with Gasteiger partial charge in [-0.25, -0.2) is 24.0 Å². The Morgan fingerprint density at radius 1 is 0.532 bits per heavy atom. The predicted molar refractivity (Wildman–Crippen MR) is 170 cm³/mol. The van der Waals surface area contributed by atoms with Crippen LogP contribution in [0.1, 0.15) is 5.56 Å². The number of hydrogen-bond donors (Lipinski definition) is 0. The summed E-state index contributed by atoms with van der Waals surface area (Å²) in [6.07, 6.45) is 7.34. The quantitative estimate of drug-likeness (QED) is 0.0732. The second kappa shape index (κ2) is 21.2. The Hall–Kier alpha value is -5.56. The van der Waals surface area contributed by atoms with Crippen LogP contribution in [-0.2, 0) is 57.1 Å². The van der Waals surface area contributed by atoms with Crippen molar-refractivity contribution in [3.63, 3.8) is 0 Å². The number of esters is 6. The molecule has 0 saturated carbocycles. The molecule has 0 radical (unpaired) electrons. The minimum atomic E-state index is -1.50. The molecule has 1 aromatic carbocycles. The second-order valence-corrected chi connectivity index (χ2v) is 9.92. The SMILES string of the molecule is C=CC(=O)OCC(COCC(COC(=O)C=C)(COC(=O)/C=C/c1ccccc1)COC(=[OH+])C=C)(COC(=O)C=C)COC(=O)C=C. The van der Waals surface area contributed by atoms with Crippen LogP contribution in [0.2, 0.25) is 0 Å². The van der Waals surface area contributed by atoms with Gasteiger partial charge in [-0.15, -0.1) is 0 Å². The fourth-order valence-corrected chi connectivity index (χ4v) is 3.40. The molecule has 1 atom stereocenters. The highest BCUT2D eigenvalue weighted by molar-refractivity contribution is 5.87. The summed E-state index contributed by atoms with van der Waals surface area (Å²) in [6.45, 7) is 13.2. The Labute approximate surface area is 272 Å². The maximum Gasteiger partial charge on any atom is 0.509 e. The lowest BCUT2D eigenvalue weighted by atomic mass is 9.90. The molecule has 13 heteroatoms. The van der Waals surface area contributed by atoms with Crippen LogP contribution in [0.25, 0.3) is 6.08 Å². The number of carbonyl (C=O) groups excluding carboxylic acids is 6. The highest BCUT2D eigenvalue weighted by atomic mass is 16.6. The molecule has 0 aliphatic carbocycles. The van der Waals surface area contributed by atoms with E-state index in [1.807, 2.05) is 6.07 Å². The summed E-state index contributed by atoms with van der Waals surface area (Å²) in [4.78, 5) is 70.5. The van der Waals surface area contributed by atoms with Gasteiger partial charge in [-0.1, -0.05) is 63.2 Å². The molecule has 1 N–H and O–H groups in total. The lowest BCUT2D eigenvalue weighted by molar-refractivity contribution is -0.166. The number of carbonyl (C=O) groups is 5. The molecule has 0 aliphatic rings. The van der Waals surface area contributed by atoms with Gasteiger partial charge in [-0.3, -0.25) is 0 Å². The maximum absolute atomic E-state index is 12.7. The van der Waals surface area contributed by atoms with Gasteiger partial charge in [0.25, 0.3) is 0 Å². The van der Waals surface area contributed by atoms with Gasteiger partial charge in [0.1, 0.15) is 38.4 Å². The summed E-state index contributed by atoms with van der Waals surface area (Å²) in [6, 6.07) is 8.94. The highest BCUT2D eigenvalue weighted by Gasteiger charge is 2.42. The summed E-state index contributed by atoms with van der Waals surface area (Å²) in [5, 5.41) is 0. The molecular weight excluding hydrogens is 616 g/mol. The van der Waals surface area contributed by atoms with Gasteiger partial charge in [0.05, 0.1) is 24.7 Å². The average Bonchev–Trinajstić information content (AvgIpc) is 3.10. The van der Waals surface area contributed by atoms with E-state index in [4.69, 9.17) is 33.2 Å². The van der Waals surface area contributed by atoms with E-state index in [-0.39, 0.29) is 0 Å². The molecule has 0 amide bonds. The fourth-order valence-electron chi connectivity index (χ4n) is 3.40. The van der Waals surface area contributed by atoms with Crippen molar-refractivity contribution in [1.82, 2.24) is 0 Å². The second-order valence-electron chi connectivity index (χ2n) is 9.92. The molecule has 1 unspecified atom stereocenters. The van der Waals surface area contributed by atoms with Crippen molar-refractivity contribution in [2.75, 3.05) is 52.9 Å². The van der Waals surface area contributed by atoms with Crippen LogP contribution in [0.4, 0.5) is 0 Å². The summed E-state index contributed by atoms with van der Waals surface area (Å²) in [5.74, 6) is -4.65. The largest absolute Gasteiger partial charge is 0.509 e. The molecular formula is C34H39O13+. The molecule has 1 aromatic rings. The zero-order valence-electron chi connectivity index (χ0n) is 26.0. The van der Waals surface area contributed by atoms with Gasteiger partial charge in [-0.05, 0) is 11.6 Å². The molecule has 0 aromatic heterocycles. The van der Waals surface area contributed by atoms with Crippen LogP contribution >= 0.6 is 0 Å². The molecule has 1 rings (SSSR count). The maximum atomic E-state index is 12.7. The zero-order chi connectivity index (χ0) is 35.1. The molecule has 0 spiro atoms. The van der Waals surface area contributed by atoms with Crippen LogP contribution in [-0.4, -0.2) is 93.5 Å². The molecule has 0 fully saturated rings. The Morgan fingerprint density at radius 3 is 1.26 bits per heavy atom. The van der Waals surface area contributed by atoms with Crippen LogP contribution in [0.15, 0.2) is 99.7 Å². The van der Waals surface area contributed by atoms with Crippen molar-refractivity contribution < 1.29 is 61.9 Å². The smallest absolute Gasteiger partial charge is 0.462 e. The summed E-state index contributed by atoms with van der Waals surface area (Å²) >= 11 is 0. The first-order valence-electron chi connectivity index (χ1n) is 13.9. The van der Waals surface area contributed by atoms with E-state index >= 15 is 0 Å². The van der Waals surface area contributed by atoms with Crippen molar-refractivity contribution in [3.05, 3.63) is 105 Å². The number of rotatable bonds is 23. The molecule has 0 bridgehead atoms. The third-order valence-electron chi connectivity index (χ3n) is 6.00. The minimum Gasteiger partial charge on any atom is -0.462 e. The fraction of sp³-hybridized carbons (Fsp3) is 0.294. The first kappa shape index (κ1) is 39.5. The topological polar surface area (TPSA) is 171 Å². The minimum absolute atomic E-state index is 0.403. The number of hydrogen-bond acceptors (Lipinski definition) is 12. The summed E-state index contributed by atoms with van der Waals surface area (Å²) in [5.41, 5.74) is -2.24. The van der Waals surface area contributed by atoms with Crippen molar-refractivity contribution in [2.24, 2.45) is 10.8 Å². The highest BCUT2D eigenvalue weighted by Crippen LogP contribution is 2.26. The van der Waals surface area contributed by atoms with E-state index < -0.39 is 99.5 Å². The van der Waals surface area contributed by atoms with Crippen LogP contribution in [0, 0.1) is 10.8 Å². The lowest BCUT2D eigenvalue weighted by Gasteiger charge is -2.34. The third-order valence-corrected chi connectivity index (χ3v) is 6.00. The number of benzene rings is 1. The van der Waals surface area contributed by atoms with Crippen molar-refractivity contribution in [2.45, 2.75) is 0 Å². The number of ether oxygens (including phenoxy) is 7. The molecule has 0 aliphatic heterocycles. The first-order valence-corrected chi connectivity index (χ1v) is 13.9. The van der Waals surface area contributed by atoms with Crippen molar-refractivity contribution in [3.8, 4) is 0 Å². The Morgan fingerprint density at radius 2 is 0.894 bits per heavy atom. The third kappa shape index (κ3) is 15.8. The zero-order valence-corrected chi connectivity index (χ0v) is 26.0. The standard InChI is InChI=1S/C34H38O13/c1-6-27(35)42-20-33(21-43-28(36)7-2,22-44-29(37)8-3)18-41-19-34(23-45-30(38)9-4,24-46-31(39)10-5)25-47-32(40)17-16-26-14-12-11-13-15-26/h6-17H,1-5,18-25H2/p+1/b17-16+. The van der Waals surface area contributed by atoms with Crippen molar-refractivity contribution in [1.29, 1.82) is 0 Å². The van der Waals surface area contributed by atoms with Gasteiger partial charge >= 0.3 is 35.8 Å². The Kier molecular flexibility index (Phi) is 17.8.